The molecule has 1 aliphatic rings. The van der Waals surface area contributed by atoms with Crippen molar-refractivity contribution in [3.8, 4) is 16.9 Å². The van der Waals surface area contributed by atoms with E-state index in [2.05, 4.69) is 74.5 Å². The molecule has 2 nitrogen and oxygen atoms in total. The van der Waals surface area contributed by atoms with E-state index >= 15 is 0 Å². The minimum absolute atomic E-state index is 0.0472. The Hall–Kier alpha value is -2.58. The van der Waals surface area contributed by atoms with Gasteiger partial charge in [0.2, 0.25) is 0 Å². The fourth-order valence-corrected chi connectivity index (χ4v) is 4.90. The Morgan fingerprint density at radius 1 is 0.774 bits per heavy atom. The number of fused-ring (bicyclic) bond motifs is 3. The molecule has 0 amide bonds. The van der Waals surface area contributed by atoms with Gasteiger partial charge < -0.3 is 9.84 Å². The summed E-state index contributed by atoms with van der Waals surface area (Å²) in [5.74, 6) is 1.28. The number of aliphatic hydroxyl groups is 1. The van der Waals surface area contributed by atoms with E-state index in [1.165, 1.54) is 38.9 Å². The Morgan fingerprint density at radius 2 is 1.29 bits per heavy atom. The van der Waals surface area contributed by atoms with Crippen LogP contribution in [0.1, 0.15) is 73.3 Å². The minimum Gasteiger partial charge on any atom is -0.491 e. The molecule has 3 aromatic rings. The van der Waals surface area contributed by atoms with Crippen LogP contribution in [0.4, 0.5) is 0 Å². The highest BCUT2D eigenvalue weighted by molar-refractivity contribution is 5.80. The van der Waals surface area contributed by atoms with Gasteiger partial charge in [0.1, 0.15) is 12.4 Å². The molecule has 0 aliphatic heterocycles. The molecule has 0 saturated heterocycles. The Bertz CT molecular complexity index is 946. The van der Waals surface area contributed by atoms with E-state index < -0.39 is 0 Å². The fraction of sp³-hybridized carbons (Fsp3) is 0.379. The van der Waals surface area contributed by atoms with Gasteiger partial charge in [-0.1, -0.05) is 87.4 Å². The summed E-state index contributed by atoms with van der Waals surface area (Å²) < 4.78 is 6.12. The Labute approximate surface area is 186 Å². The lowest BCUT2D eigenvalue weighted by molar-refractivity contribution is 0.199. The van der Waals surface area contributed by atoms with E-state index in [0.717, 1.165) is 44.3 Å². The number of aliphatic hydroxyl groups excluding tert-OH is 1. The number of ether oxygens (including phenoxy) is 1. The predicted molar refractivity (Wildman–Crippen MR) is 129 cm³/mol. The van der Waals surface area contributed by atoms with Crippen LogP contribution in [0, 0.1) is 0 Å². The second-order valence-electron chi connectivity index (χ2n) is 8.55. The second-order valence-corrected chi connectivity index (χ2v) is 8.55. The summed E-state index contributed by atoms with van der Waals surface area (Å²) in [6.07, 6.45) is 6.63. The van der Waals surface area contributed by atoms with Gasteiger partial charge in [0.15, 0.2) is 0 Å². The van der Waals surface area contributed by atoms with E-state index in [-0.39, 0.29) is 12.5 Å². The van der Waals surface area contributed by atoms with Gasteiger partial charge in [-0.3, -0.25) is 0 Å². The van der Waals surface area contributed by atoms with E-state index in [4.69, 9.17) is 4.74 Å². The molecule has 0 heterocycles. The van der Waals surface area contributed by atoms with Crippen LogP contribution in [0.3, 0.4) is 0 Å². The summed E-state index contributed by atoms with van der Waals surface area (Å²) in [4.78, 5) is 0. The third kappa shape index (κ3) is 4.41. The van der Waals surface area contributed by atoms with Gasteiger partial charge in [0.05, 0.1) is 6.61 Å². The van der Waals surface area contributed by atoms with Crippen molar-refractivity contribution in [3.63, 3.8) is 0 Å². The highest BCUT2D eigenvalue weighted by Gasteiger charge is 2.30. The largest absolute Gasteiger partial charge is 0.491 e. The zero-order valence-electron chi connectivity index (χ0n) is 18.9. The summed E-state index contributed by atoms with van der Waals surface area (Å²) in [5.41, 5.74) is 9.46. The number of hydrogen-bond acceptors (Lipinski definition) is 2. The predicted octanol–water partition coefficient (Wildman–Crippen LogP) is 6.90. The molecule has 3 aromatic carbocycles. The van der Waals surface area contributed by atoms with Crippen LogP contribution in [0.25, 0.3) is 11.1 Å². The van der Waals surface area contributed by atoms with Gasteiger partial charge in [-0.2, -0.15) is 0 Å². The summed E-state index contributed by atoms with van der Waals surface area (Å²) in [6.45, 7) is 4.87. The number of unbranched alkanes of at least 4 members (excludes halogenated alkanes) is 2. The van der Waals surface area contributed by atoms with Gasteiger partial charge >= 0.3 is 0 Å². The molecule has 0 aromatic heterocycles. The van der Waals surface area contributed by atoms with Crippen molar-refractivity contribution in [3.05, 3.63) is 88.5 Å². The molecule has 1 aliphatic carbocycles. The zero-order chi connectivity index (χ0) is 21.6. The number of hydrogen-bond donors (Lipinski definition) is 1. The van der Waals surface area contributed by atoms with Gasteiger partial charge in [0, 0.05) is 5.92 Å². The molecule has 162 valence electrons. The third-order valence-corrected chi connectivity index (χ3v) is 6.37. The van der Waals surface area contributed by atoms with Crippen LogP contribution in [0.2, 0.25) is 0 Å². The van der Waals surface area contributed by atoms with Crippen LogP contribution in [0.15, 0.2) is 60.7 Å². The Morgan fingerprint density at radius 3 is 1.77 bits per heavy atom. The number of rotatable bonds is 10. The first-order valence-corrected chi connectivity index (χ1v) is 11.9. The minimum atomic E-state index is 0.0472. The first-order valence-electron chi connectivity index (χ1n) is 11.9. The first kappa shape index (κ1) is 21.6. The highest BCUT2D eigenvalue weighted by Crippen LogP contribution is 2.48. The second kappa shape index (κ2) is 10.2. The number of aryl methyl sites for hydroxylation is 2. The summed E-state index contributed by atoms with van der Waals surface area (Å²) in [5, 5.41) is 9.38. The summed E-state index contributed by atoms with van der Waals surface area (Å²) in [6, 6.07) is 22.4. The monoisotopic (exact) mass is 414 g/mol. The van der Waals surface area contributed by atoms with Crippen LogP contribution < -0.4 is 4.74 Å². The normalized spacial score (nSPS) is 12.6. The van der Waals surface area contributed by atoms with E-state index in [1.54, 1.807) is 0 Å². The van der Waals surface area contributed by atoms with Crippen molar-refractivity contribution in [2.24, 2.45) is 0 Å². The standard InChI is InChI=1S/C29H34O2/c1-3-5-11-21-19-23(20-22(12-6-4-2)29(21)31-18-17-30)28-26-15-9-7-13-24(26)25-14-8-10-16-27(25)28/h7-10,13-16,19-20,28,30H,3-6,11-12,17-18H2,1-2H3. The smallest absolute Gasteiger partial charge is 0.125 e. The van der Waals surface area contributed by atoms with Gasteiger partial charge in [-0.05, 0) is 64.6 Å². The fourth-order valence-electron chi connectivity index (χ4n) is 4.90. The Balaban J connectivity index is 1.86. The van der Waals surface area contributed by atoms with Crippen molar-refractivity contribution < 1.29 is 9.84 Å². The molecule has 0 radical (unpaired) electrons. The molecular weight excluding hydrogens is 380 g/mol. The molecule has 1 N–H and O–H groups in total. The van der Waals surface area contributed by atoms with Crippen LogP contribution in [-0.2, 0) is 12.8 Å². The van der Waals surface area contributed by atoms with Crippen molar-refractivity contribution in [2.45, 2.75) is 58.3 Å². The van der Waals surface area contributed by atoms with Gasteiger partial charge in [-0.15, -0.1) is 0 Å². The molecular formula is C29H34O2. The van der Waals surface area contributed by atoms with Crippen LogP contribution in [-0.4, -0.2) is 18.3 Å². The topological polar surface area (TPSA) is 29.5 Å². The molecule has 4 rings (SSSR count). The molecule has 0 unspecified atom stereocenters. The summed E-state index contributed by atoms with van der Waals surface area (Å²) in [7, 11) is 0. The maximum Gasteiger partial charge on any atom is 0.125 e. The maximum absolute atomic E-state index is 9.38. The molecule has 0 fully saturated rings. The average Bonchev–Trinajstić information content (AvgIpc) is 3.14. The average molecular weight is 415 g/mol. The lowest BCUT2D eigenvalue weighted by atomic mass is 9.85. The van der Waals surface area contributed by atoms with Crippen LogP contribution in [0.5, 0.6) is 5.75 Å². The van der Waals surface area contributed by atoms with Crippen molar-refractivity contribution in [2.75, 3.05) is 13.2 Å². The quantitative estimate of drug-likeness (QED) is 0.306. The van der Waals surface area contributed by atoms with E-state index in [0.29, 0.717) is 6.61 Å². The molecule has 0 atom stereocenters. The highest BCUT2D eigenvalue weighted by atomic mass is 16.5. The zero-order valence-corrected chi connectivity index (χ0v) is 18.9. The van der Waals surface area contributed by atoms with Crippen LogP contribution >= 0.6 is 0 Å². The first-order chi connectivity index (χ1) is 15.3. The van der Waals surface area contributed by atoms with Crippen molar-refractivity contribution in [1.82, 2.24) is 0 Å². The van der Waals surface area contributed by atoms with E-state index in [1.807, 2.05) is 0 Å². The lowest BCUT2D eigenvalue weighted by Gasteiger charge is -2.21. The van der Waals surface area contributed by atoms with Gasteiger partial charge in [-0.25, -0.2) is 0 Å². The lowest BCUT2D eigenvalue weighted by Crippen LogP contribution is -2.09. The summed E-state index contributed by atoms with van der Waals surface area (Å²) >= 11 is 0. The van der Waals surface area contributed by atoms with Crippen molar-refractivity contribution >= 4 is 0 Å². The van der Waals surface area contributed by atoms with E-state index in [9.17, 15) is 5.11 Å². The molecule has 31 heavy (non-hydrogen) atoms. The SMILES string of the molecule is CCCCc1cc(C2c3ccccc3-c3ccccc32)cc(CCCC)c1OCCO. The third-order valence-electron chi connectivity index (χ3n) is 6.37. The maximum atomic E-state index is 9.38. The number of benzene rings is 3. The molecule has 0 saturated carbocycles. The van der Waals surface area contributed by atoms with Crippen molar-refractivity contribution in [1.29, 1.82) is 0 Å². The molecule has 2 heteroatoms. The molecule has 0 spiro atoms. The Kier molecular flexibility index (Phi) is 7.09. The van der Waals surface area contributed by atoms with Gasteiger partial charge in [0.25, 0.3) is 0 Å². The molecule has 0 bridgehead atoms.